The second kappa shape index (κ2) is 8.62. The summed E-state index contributed by atoms with van der Waals surface area (Å²) in [5.74, 6) is -5.89. The average Bonchev–Trinajstić information content (AvgIpc) is 3.03. The van der Waals surface area contributed by atoms with E-state index in [1.165, 1.54) is 6.92 Å². The molecule has 7 atom stereocenters. The second-order valence-electron chi connectivity index (χ2n) is 13.4. The molecule has 0 aromatic rings. The molecule has 0 heterocycles. The second-order valence-corrected chi connectivity index (χ2v) is 13.4. The lowest BCUT2D eigenvalue weighted by Crippen LogP contribution is -2.62. The smallest absolute Gasteiger partial charge is 0.306 e. The molecule has 8 heteroatoms. The van der Waals surface area contributed by atoms with Crippen LogP contribution in [0.3, 0.4) is 0 Å². The number of fused-ring (bicyclic) bond motifs is 4. The number of carbonyl (C=O) groups excluding carboxylic acids is 6. The Morgan fingerprint density at radius 1 is 0.895 bits per heavy atom. The third-order valence-corrected chi connectivity index (χ3v) is 11.1. The lowest BCUT2D eigenvalue weighted by atomic mass is 9.42. The lowest BCUT2D eigenvalue weighted by Gasteiger charge is -2.57. The zero-order valence-electron chi connectivity index (χ0n) is 23.4. The molecule has 0 bridgehead atoms. The number of hydrogen-bond acceptors (Lipinski definition) is 7. The van der Waals surface area contributed by atoms with Crippen LogP contribution in [-0.4, -0.2) is 45.8 Å². The minimum atomic E-state index is -1.51. The number of hydrogen-bond donors (Lipinski definition) is 1. The number of rotatable bonds is 6. The number of carboxylic acid groups (broad SMARTS) is 1. The Morgan fingerprint density at radius 3 is 2.08 bits per heavy atom. The van der Waals surface area contributed by atoms with Crippen molar-refractivity contribution < 1.29 is 38.7 Å². The molecule has 4 aliphatic rings. The van der Waals surface area contributed by atoms with E-state index >= 15 is 0 Å². The van der Waals surface area contributed by atoms with Crippen molar-refractivity contribution in [1.82, 2.24) is 0 Å². The molecule has 4 aliphatic carbocycles. The van der Waals surface area contributed by atoms with Crippen LogP contribution in [0.1, 0.15) is 87.0 Å². The van der Waals surface area contributed by atoms with Gasteiger partial charge in [-0.1, -0.05) is 41.5 Å². The van der Waals surface area contributed by atoms with E-state index in [-0.39, 0.29) is 66.4 Å². The van der Waals surface area contributed by atoms with Crippen LogP contribution < -0.4 is 0 Å². The highest BCUT2D eigenvalue weighted by Crippen LogP contribution is 2.68. The molecule has 0 aromatic carbocycles. The van der Waals surface area contributed by atoms with Gasteiger partial charge in [-0.2, -0.15) is 0 Å². The number of carbonyl (C=O) groups is 7. The molecule has 0 spiro atoms. The van der Waals surface area contributed by atoms with E-state index in [0.717, 1.165) is 0 Å². The van der Waals surface area contributed by atoms with Crippen LogP contribution in [0.4, 0.5) is 0 Å². The molecule has 0 amide bonds. The van der Waals surface area contributed by atoms with Crippen molar-refractivity contribution in [2.24, 2.45) is 45.3 Å². The summed E-state index contributed by atoms with van der Waals surface area (Å²) in [6, 6.07) is 0. The van der Waals surface area contributed by atoms with Crippen molar-refractivity contribution in [3.05, 3.63) is 11.1 Å². The normalized spacial score (nSPS) is 37.9. The van der Waals surface area contributed by atoms with Gasteiger partial charge >= 0.3 is 5.97 Å². The number of ketones is 6. The van der Waals surface area contributed by atoms with Crippen LogP contribution in [0.15, 0.2) is 11.1 Å². The van der Waals surface area contributed by atoms with Crippen molar-refractivity contribution in [2.45, 2.75) is 87.0 Å². The zero-order chi connectivity index (χ0) is 28.7. The first-order valence-electron chi connectivity index (χ1n) is 13.5. The van der Waals surface area contributed by atoms with E-state index < -0.39 is 62.9 Å². The summed E-state index contributed by atoms with van der Waals surface area (Å²) < 4.78 is 0. The lowest BCUT2D eigenvalue weighted by molar-refractivity contribution is -0.156. The molecule has 206 valence electrons. The molecule has 4 rings (SSSR count). The van der Waals surface area contributed by atoms with Crippen molar-refractivity contribution in [3.8, 4) is 0 Å². The summed E-state index contributed by atoms with van der Waals surface area (Å²) in [6.07, 6.45) is 0.346. The molecular formula is C30H38O8. The van der Waals surface area contributed by atoms with Crippen LogP contribution in [0.25, 0.3) is 0 Å². The van der Waals surface area contributed by atoms with Gasteiger partial charge in [-0.05, 0) is 31.1 Å². The van der Waals surface area contributed by atoms with Crippen molar-refractivity contribution in [1.29, 1.82) is 0 Å². The largest absolute Gasteiger partial charge is 0.481 e. The number of Topliss-reactive ketones (excluding diaryl/α,β-unsaturated/α-hetero) is 6. The topological polar surface area (TPSA) is 140 Å². The summed E-state index contributed by atoms with van der Waals surface area (Å²) >= 11 is 0. The fraction of sp³-hybridized carbons (Fsp3) is 0.700. The van der Waals surface area contributed by atoms with Gasteiger partial charge in [0.05, 0.1) is 16.7 Å². The van der Waals surface area contributed by atoms with Gasteiger partial charge in [0.2, 0.25) is 11.6 Å². The summed E-state index contributed by atoms with van der Waals surface area (Å²) in [4.78, 5) is 92.4. The van der Waals surface area contributed by atoms with Crippen LogP contribution in [0.2, 0.25) is 0 Å². The van der Waals surface area contributed by atoms with Crippen molar-refractivity contribution in [2.75, 3.05) is 0 Å². The molecule has 0 saturated heterocycles. The molecular weight excluding hydrogens is 488 g/mol. The van der Waals surface area contributed by atoms with Gasteiger partial charge in [-0.3, -0.25) is 33.6 Å². The van der Waals surface area contributed by atoms with Crippen molar-refractivity contribution >= 4 is 40.7 Å². The highest BCUT2D eigenvalue weighted by Gasteiger charge is 2.74. The minimum absolute atomic E-state index is 0.0233. The molecule has 1 N–H and O–H groups in total. The fourth-order valence-electron chi connectivity index (χ4n) is 8.45. The maximum atomic E-state index is 14.1. The quantitative estimate of drug-likeness (QED) is 0.517. The third-order valence-electron chi connectivity index (χ3n) is 11.1. The molecule has 2 saturated carbocycles. The molecule has 0 aliphatic heterocycles. The highest BCUT2D eigenvalue weighted by molar-refractivity contribution is 6.49. The summed E-state index contributed by atoms with van der Waals surface area (Å²) in [6.45, 7) is 11.8. The first kappa shape index (κ1) is 28.2. The average molecular weight is 527 g/mol. The minimum Gasteiger partial charge on any atom is -0.481 e. The third kappa shape index (κ3) is 3.44. The van der Waals surface area contributed by atoms with Gasteiger partial charge in [-0.15, -0.1) is 0 Å². The van der Waals surface area contributed by atoms with Crippen LogP contribution in [-0.2, 0) is 33.6 Å². The Labute approximate surface area is 223 Å². The standard InChI is InChI=1S/C30H38O8/c1-14(10-16(31)11-15(2)26(37)38)17-12-21(34)30(7)22-18(32)13-19-27(3,4)20(33)8-9-28(19,5)23(22)24(35)25(36)29(17,30)6/h14-15,17,19H,8-13H2,1-7H3,(H,37,38)/t14-,15?,17-,19+,28+,29+,30+/m1/s1. The molecule has 38 heavy (non-hydrogen) atoms. The first-order chi connectivity index (χ1) is 17.4. The van der Waals surface area contributed by atoms with E-state index in [0.29, 0.717) is 6.42 Å². The van der Waals surface area contributed by atoms with Crippen molar-refractivity contribution in [3.63, 3.8) is 0 Å². The van der Waals surface area contributed by atoms with E-state index in [4.69, 9.17) is 5.11 Å². The monoisotopic (exact) mass is 526 g/mol. The van der Waals surface area contributed by atoms with E-state index in [1.807, 2.05) is 6.92 Å². The van der Waals surface area contributed by atoms with Gasteiger partial charge in [0, 0.05) is 54.1 Å². The maximum Gasteiger partial charge on any atom is 0.306 e. The van der Waals surface area contributed by atoms with Gasteiger partial charge in [0.15, 0.2) is 5.78 Å². The summed E-state index contributed by atoms with van der Waals surface area (Å²) in [5.41, 5.74) is -4.49. The van der Waals surface area contributed by atoms with Crippen LogP contribution >= 0.6 is 0 Å². The zero-order valence-corrected chi connectivity index (χ0v) is 23.4. The Balaban J connectivity index is 1.81. The van der Waals surface area contributed by atoms with E-state index in [1.54, 1.807) is 34.6 Å². The predicted molar refractivity (Wildman–Crippen MR) is 136 cm³/mol. The summed E-state index contributed by atoms with van der Waals surface area (Å²) in [7, 11) is 0. The molecule has 8 nitrogen and oxygen atoms in total. The van der Waals surface area contributed by atoms with Gasteiger partial charge < -0.3 is 5.11 Å². The summed E-state index contributed by atoms with van der Waals surface area (Å²) in [5, 5.41) is 9.15. The van der Waals surface area contributed by atoms with Gasteiger partial charge in [-0.25, -0.2) is 0 Å². The molecule has 0 aromatic heterocycles. The SMILES string of the molecule is CC(CC(=O)C[C@@H](C)[C@H]1CC(=O)[C@@]2(C)C3=C(C(=O)C(=O)[C@]12C)[C@@]1(C)CCC(=O)C(C)(C)[C@@H]1CC3=O)C(=O)O. The van der Waals surface area contributed by atoms with Crippen LogP contribution in [0, 0.1) is 45.3 Å². The Kier molecular flexibility index (Phi) is 6.40. The Morgan fingerprint density at radius 2 is 1.50 bits per heavy atom. The fourth-order valence-corrected chi connectivity index (χ4v) is 8.45. The van der Waals surface area contributed by atoms with E-state index in [2.05, 4.69) is 0 Å². The molecule has 0 radical (unpaired) electrons. The van der Waals surface area contributed by atoms with Crippen LogP contribution in [0.5, 0.6) is 0 Å². The highest BCUT2D eigenvalue weighted by atomic mass is 16.4. The number of allylic oxidation sites excluding steroid dienone is 2. The first-order valence-corrected chi connectivity index (χ1v) is 13.5. The Hall–Kier alpha value is -2.77. The van der Waals surface area contributed by atoms with Gasteiger partial charge in [0.25, 0.3) is 0 Å². The number of carboxylic acids is 1. The van der Waals surface area contributed by atoms with Gasteiger partial charge in [0.1, 0.15) is 17.3 Å². The number of aliphatic carboxylic acids is 1. The maximum absolute atomic E-state index is 14.1. The van der Waals surface area contributed by atoms with E-state index in [9.17, 15) is 33.6 Å². The molecule has 2 fully saturated rings. The predicted octanol–water partition coefficient (Wildman–Crippen LogP) is 3.73. The molecule has 1 unspecified atom stereocenters. The Bertz CT molecular complexity index is 1240.